The number of hydrogen-bond donors (Lipinski definition) is 3. The normalized spacial score (nSPS) is 23.5. The van der Waals surface area contributed by atoms with Crippen LogP contribution in [0.25, 0.3) is 0 Å². The number of hydrogen-bond acceptors (Lipinski definition) is 4. The molecule has 8 heteroatoms. The van der Waals surface area contributed by atoms with Gasteiger partial charge in [-0.2, -0.15) is 0 Å². The summed E-state index contributed by atoms with van der Waals surface area (Å²) in [5.74, 6) is -0.158. The third kappa shape index (κ3) is 3.83. The second-order valence-electron chi connectivity index (χ2n) is 8.21. The average molecular weight is 408 g/mol. The second-order valence-corrected chi connectivity index (χ2v) is 8.65. The summed E-state index contributed by atoms with van der Waals surface area (Å²) in [6, 6.07) is 7.50. The highest BCUT2D eigenvalue weighted by atomic mass is 35.5. The van der Waals surface area contributed by atoms with Crippen LogP contribution in [0.1, 0.15) is 25.7 Å². The molecule has 152 valence electrons. The van der Waals surface area contributed by atoms with E-state index in [0.717, 1.165) is 49.7 Å². The van der Waals surface area contributed by atoms with Crippen LogP contribution in [-0.4, -0.2) is 72.9 Å². The van der Waals surface area contributed by atoms with E-state index in [2.05, 4.69) is 16.3 Å². The molecule has 0 unspecified atom stereocenters. The molecule has 1 spiro atoms. The Morgan fingerprint density at radius 3 is 2.61 bits per heavy atom. The molecule has 2 saturated heterocycles. The number of aliphatic hydroxyl groups excluding tert-OH is 1. The van der Waals surface area contributed by atoms with Gasteiger partial charge >= 0.3 is 6.03 Å². The number of rotatable bonds is 5. The number of carbonyl (C=O) groups is 2. The predicted molar refractivity (Wildman–Crippen MR) is 107 cm³/mol. The van der Waals surface area contributed by atoms with Crippen LogP contribution in [0.3, 0.4) is 0 Å². The van der Waals surface area contributed by atoms with Crippen LogP contribution in [0, 0.1) is 0 Å². The molecule has 1 atom stereocenters. The molecular formula is C20H28ClN4O3+. The fourth-order valence-corrected chi connectivity index (χ4v) is 4.91. The summed E-state index contributed by atoms with van der Waals surface area (Å²) in [6.07, 6.45) is 2.63. The maximum atomic E-state index is 12.7. The van der Waals surface area contributed by atoms with Gasteiger partial charge in [-0.1, -0.05) is 30.5 Å². The van der Waals surface area contributed by atoms with Gasteiger partial charge in [-0.05, 0) is 31.0 Å². The summed E-state index contributed by atoms with van der Waals surface area (Å²) < 4.78 is 0. The quantitative estimate of drug-likeness (QED) is 0.612. The van der Waals surface area contributed by atoms with Crippen molar-refractivity contribution in [3.8, 4) is 0 Å². The fraction of sp³-hybridized carbons (Fsp3) is 0.600. The SMILES string of the molecule is O=C1NC2(CCCC2)C(=O)N1C[C@@H](O)C[NH+]1CCN(c2cccc(Cl)c2)CC1. The van der Waals surface area contributed by atoms with E-state index in [1.165, 1.54) is 9.80 Å². The van der Waals surface area contributed by atoms with Crippen molar-refractivity contribution in [2.45, 2.75) is 37.3 Å². The van der Waals surface area contributed by atoms with Crippen molar-refractivity contribution < 1.29 is 19.6 Å². The highest BCUT2D eigenvalue weighted by molar-refractivity contribution is 6.30. The minimum atomic E-state index is -0.709. The van der Waals surface area contributed by atoms with Crippen LogP contribution in [0.4, 0.5) is 10.5 Å². The van der Waals surface area contributed by atoms with Crippen LogP contribution < -0.4 is 15.1 Å². The molecule has 1 aromatic carbocycles. The molecule has 2 aliphatic heterocycles. The van der Waals surface area contributed by atoms with Gasteiger partial charge in [0.25, 0.3) is 5.91 Å². The Morgan fingerprint density at radius 2 is 1.93 bits per heavy atom. The Bertz CT molecular complexity index is 745. The van der Waals surface area contributed by atoms with Crippen molar-refractivity contribution in [1.29, 1.82) is 0 Å². The minimum Gasteiger partial charge on any atom is -0.385 e. The Hall–Kier alpha value is -1.83. The van der Waals surface area contributed by atoms with Crippen molar-refractivity contribution in [3.05, 3.63) is 29.3 Å². The topological polar surface area (TPSA) is 77.3 Å². The molecule has 3 fully saturated rings. The molecule has 3 aliphatic rings. The smallest absolute Gasteiger partial charge is 0.325 e. The lowest BCUT2D eigenvalue weighted by atomic mass is 9.98. The number of piperazine rings is 1. The summed E-state index contributed by atoms with van der Waals surface area (Å²) in [5.41, 5.74) is 0.417. The van der Waals surface area contributed by atoms with Gasteiger partial charge < -0.3 is 20.2 Å². The molecule has 28 heavy (non-hydrogen) atoms. The van der Waals surface area contributed by atoms with Gasteiger partial charge in [0.05, 0.1) is 32.7 Å². The number of amides is 3. The Morgan fingerprint density at radius 1 is 1.21 bits per heavy atom. The molecule has 1 aromatic rings. The zero-order chi connectivity index (χ0) is 19.7. The third-order valence-corrected chi connectivity index (χ3v) is 6.50. The minimum absolute atomic E-state index is 0.0773. The van der Waals surface area contributed by atoms with Crippen LogP contribution in [0.2, 0.25) is 5.02 Å². The molecule has 3 N–H and O–H groups in total. The van der Waals surface area contributed by atoms with E-state index in [-0.39, 0.29) is 18.5 Å². The van der Waals surface area contributed by atoms with Crippen molar-refractivity contribution in [1.82, 2.24) is 10.2 Å². The number of anilines is 1. The summed E-state index contributed by atoms with van der Waals surface area (Å²) >= 11 is 6.08. The van der Waals surface area contributed by atoms with Gasteiger partial charge in [-0.25, -0.2) is 4.79 Å². The summed E-state index contributed by atoms with van der Waals surface area (Å²) in [5, 5.41) is 14.1. The molecule has 0 bridgehead atoms. The Labute approximate surface area is 170 Å². The molecule has 1 aliphatic carbocycles. The molecule has 0 radical (unpaired) electrons. The number of nitrogens with one attached hydrogen (secondary N) is 2. The zero-order valence-corrected chi connectivity index (χ0v) is 16.7. The molecule has 7 nitrogen and oxygen atoms in total. The van der Waals surface area contributed by atoms with E-state index >= 15 is 0 Å². The first kappa shape index (κ1) is 19.5. The largest absolute Gasteiger partial charge is 0.385 e. The van der Waals surface area contributed by atoms with Crippen LogP contribution in [0.15, 0.2) is 24.3 Å². The van der Waals surface area contributed by atoms with Gasteiger partial charge in [0.15, 0.2) is 0 Å². The van der Waals surface area contributed by atoms with Gasteiger partial charge in [-0.3, -0.25) is 9.69 Å². The van der Waals surface area contributed by atoms with Crippen LogP contribution in [0.5, 0.6) is 0 Å². The molecule has 4 rings (SSSR count). The molecule has 1 saturated carbocycles. The lowest BCUT2D eigenvalue weighted by Gasteiger charge is -2.34. The lowest BCUT2D eigenvalue weighted by Crippen LogP contribution is -3.16. The number of benzene rings is 1. The number of imide groups is 1. The van der Waals surface area contributed by atoms with Gasteiger partial charge in [0.2, 0.25) is 0 Å². The summed E-state index contributed by atoms with van der Waals surface area (Å²) in [4.78, 5) is 29.8. The maximum Gasteiger partial charge on any atom is 0.325 e. The molecule has 0 aromatic heterocycles. The van der Waals surface area contributed by atoms with Crippen LogP contribution >= 0.6 is 11.6 Å². The van der Waals surface area contributed by atoms with E-state index in [9.17, 15) is 14.7 Å². The number of quaternary nitrogens is 1. The fourth-order valence-electron chi connectivity index (χ4n) is 4.73. The van der Waals surface area contributed by atoms with Crippen molar-refractivity contribution in [2.24, 2.45) is 0 Å². The number of nitrogens with zero attached hydrogens (tertiary/aromatic N) is 2. The van der Waals surface area contributed by atoms with Gasteiger partial charge in [-0.15, -0.1) is 0 Å². The van der Waals surface area contributed by atoms with E-state index in [1.807, 2.05) is 18.2 Å². The van der Waals surface area contributed by atoms with Gasteiger partial charge in [0.1, 0.15) is 18.2 Å². The number of urea groups is 1. The standard InChI is InChI=1S/C20H27ClN4O3/c21-15-4-3-5-16(12-15)24-10-8-23(9-11-24)13-17(26)14-25-18(27)20(22-19(25)28)6-1-2-7-20/h3-5,12,17,26H,1-2,6-11,13-14H2,(H,22,28)/p+1/t17-/m0/s1. The van der Waals surface area contributed by atoms with E-state index < -0.39 is 11.6 Å². The van der Waals surface area contributed by atoms with Crippen LogP contribution in [-0.2, 0) is 4.79 Å². The average Bonchev–Trinajstić information content (AvgIpc) is 3.23. The van der Waals surface area contributed by atoms with Crippen molar-refractivity contribution in [3.63, 3.8) is 0 Å². The van der Waals surface area contributed by atoms with E-state index in [0.29, 0.717) is 19.4 Å². The highest BCUT2D eigenvalue weighted by Crippen LogP contribution is 2.35. The number of carbonyl (C=O) groups excluding carboxylic acids is 2. The van der Waals surface area contributed by atoms with Gasteiger partial charge in [0, 0.05) is 10.7 Å². The summed E-state index contributed by atoms with van der Waals surface area (Å²) in [6.45, 7) is 4.17. The number of β-amino-alcohol motifs (C(OH)–C–C–N with tert-alkyl or cyclic N) is 1. The van der Waals surface area contributed by atoms with Crippen molar-refractivity contribution >= 4 is 29.2 Å². The second kappa shape index (κ2) is 7.89. The number of halogens is 1. The Balaban J connectivity index is 1.27. The monoisotopic (exact) mass is 407 g/mol. The highest BCUT2D eigenvalue weighted by Gasteiger charge is 2.52. The first-order valence-electron chi connectivity index (χ1n) is 10.1. The first-order valence-corrected chi connectivity index (χ1v) is 10.5. The Kier molecular flexibility index (Phi) is 5.49. The number of aliphatic hydroxyl groups is 1. The summed E-state index contributed by atoms with van der Waals surface area (Å²) in [7, 11) is 0. The maximum absolute atomic E-state index is 12.7. The predicted octanol–water partition coefficient (Wildman–Crippen LogP) is 0.270. The molecular weight excluding hydrogens is 380 g/mol. The third-order valence-electron chi connectivity index (χ3n) is 6.26. The van der Waals surface area contributed by atoms with Crippen molar-refractivity contribution in [2.75, 3.05) is 44.2 Å². The lowest BCUT2D eigenvalue weighted by molar-refractivity contribution is -0.903. The molecule has 3 amide bonds. The zero-order valence-electron chi connectivity index (χ0n) is 16.0. The first-order chi connectivity index (χ1) is 13.5. The van der Waals surface area contributed by atoms with E-state index in [1.54, 1.807) is 0 Å². The molecule has 2 heterocycles. The van der Waals surface area contributed by atoms with E-state index in [4.69, 9.17) is 11.6 Å².